The fraction of sp³-hybridized carbons (Fsp3) is 0.714. The van der Waals surface area contributed by atoms with Crippen molar-refractivity contribution in [3.63, 3.8) is 0 Å². The summed E-state index contributed by atoms with van der Waals surface area (Å²) in [7, 11) is 1.77. The summed E-state index contributed by atoms with van der Waals surface area (Å²) in [5.41, 5.74) is 6.08. The molecule has 1 atom stereocenters. The molecule has 0 saturated heterocycles. The smallest absolute Gasteiger partial charge is 0.0659 e. The number of rotatable bonds is 8. The highest BCUT2D eigenvalue weighted by Gasteiger charge is 2.42. The summed E-state index contributed by atoms with van der Waals surface area (Å²) in [6.07, 6.45) is 3.65. The van der Waals surface area contributed by atoms with Gasteiger partial charge in [-0.15, -0.1) is 11.3 Å². The van der Waals surface area contributed by atoms with Gasteiger partial charge < -0.3 is 10.5 Å². The van der Waals surface area contributed by atoms with Crippen molar-refractivity contribution >= 4 is 11.3 Å². The first-order chi connectivity index (χ1) is 8.75. The summed E-state index contributed by atoms with van der Waals surface area (Å²) >= 11 is 1.83. The first-order valence-corrected chi connectivity index (χ1v) is 7.62. The minimum atomic E-state index is -0.0000926. The molecule has 0 radical (unpaired) electrons. The zero-order valence-corrected chi connectivity index (χ0v) is 12.2. The van der Waals surface area contributed by atoms with Crippen LogP contribution in [0.2, 0.25) is 0 Å². The van der Waals surface area contributed by atoms with Crippen LogP contribution in [-0.2, 0) is 11.3 Å². The van der Waals surface area contributed by atoms with Crippen molar-refractivity contribution in [2.24, 2.45) is 5.73 Å². The Morgan fingerprint density at radius 2 is 2.33 bits per heavy atom. The van der Waals surface area contributed by atoms with Crippen LogP contribution in [0.3, 0.4) is 0 Å². The lowest BCUT2D eigenvalue weighted by Gasteiger charge is -2.42. The van der Waals surface area contributed by atoms with Gasteiger partial charge in [0.25, 0.3) is 0 Å². The van der Waals surface area contributed by atoms with Gasteiger partial charge >= 0.3 is 0 Å². The van der Waals surface area contributed by atoms with E-state index in [1.165, 1.54) is 17.7 Å². The number of methoxy groups -OCH3 is 1. The van der Waals surface area contributed by atoms with Crippen LogP contribution in [0, 0.1) is 0 Å². The van der Waals surface area contributed by atoms with Crippen molar-refractivity contribution in [3.8, 4) is 0 Å². The van der Waals surface area contributed by atoms with Crippen molar-refractivity contribution in [3.05, 3.63) is 22.4 Å². The average molecular weight is 268 g/mol. The fourth-order valence-electron chi connectivity index (χ4n) is 2.62. The third-order valence-corrected chi connectivity index (χ3v) is 4.82. The van der Waals surface area contributed by atoms with Gasteiger partial charge in [0.2, 0.25) is 0 Å². The second-order valence-electron chi connectivity index (χ2n) is 5.15. The number of thiophene rings is 1. The third-order valence-electron chi connectivity index (χ3n) is 3.95. The second kappa shape index (κ2) is 6.15. The van der Waals surface area contributed by atoms with Crippen molar-refractivity contribution in [1.29, 1.82) is 0 Å². The maximum absolute atomic E-state index is 6.08. The van der Waals surface area contributed by atoms with Crippen LogP contribution >= 0.6 is 11.3 Å². The molecule has 4 heteroatoms. The van der Waals surface area contributed by atoms with E-state index in [9.17, 15) is 0 Å². The Bertz CT molecular complexity index is 345. The summed E-state index contributed by atoms with van der Waals surface area (Å²) < 4.78 is 5.45. The van der Waals surface area contributed by atoms with Gasteiger partial charge in [0.15, 0.2) is 0 Å². The maximum atomic E-state index is 6.08. The highest BCUT2D eigenvalue weighted by atomic mass is 32.1. The van der Waals surface area contributed by atoms with Crippen LogP contribution in [0.25, 0.3) is 0 Å². The summed E-state index contributed by atoms with van der Waals surface area (Å²) in [5.74, 6) is 0. The molecule has 3 nitrogen and oxygen atoms in total. The molecule has 1 heterocycles. The fourth-order valence-corrected chi connectivity index (χ4v) is 3.32. The van der Waals surface area contributed by atoms with Crippen molar-refractivity contribution in [2.75, 3.05) is 20.3 Å². The molecule has 18 heavy (non-hydrogen) atoms. The molecule has 0 spiro atoms. The van der Waals surface area contributed by atoms with Crippen LogP contribution < -0.4 is 5.73 Å². The Hall–Kier alpha value is -0.420. The zero-order chi connectivity index (χ0) is 13.0. The third kappa shape index (κ3) is 2.94. The molecule has 1 aliphatic rings. The van der Waals surface area contributed by atoms with Crippen LogP contribution in [0.4, 0.5) is 0 Å². The second-order valence-corrected chi connectivity index (χ2v) is 6.19. The molecule has 2 N–H and O–H groups in total. The van der Waals surface area contributed by atoms with E-state index in [0.29, 0.717) is 12.6 Å². The normalized spacial score (nSPS) is 19.1. The van der Waals surface area contributed by atoms with Crippen molar-refractivity contribution in [2.45, 2.75) is 44.3 Å². The molecule has 2 rings (SSSR count). The molecule has 1 aromatic rings. The molecule has 1 aromatic heterocycles. The summed E-state index contributed by atoms with van der Waals surface area (Å²) in [6.45, 7) is 4.62. The van der Waals surface area contributed by atoms with Gasteiger partial charge in [-0.3, -0.25) is 4.90 Å². The van der Waals surface area contributed by atoms with E-state index in [2.05, 4.69) is 29.3 Å². The minimum Gasteiger partial charge on any atom is -0.383 e. The lowest BCUT2D eigenvalue weighted by atomic mass is 9.94. The van der Waals surface area contributed by atoms with Gasteiger partial charge in [0, 0.05) is 31.1 Å². The lowest BCUT2D eigenvalue weighted by Crippen LogP contribution is -2.57. The lowest BCUT2D eigenvalue weighted by molar-refractivity contribution is 0.00121. The number of hydrogen-bond donors (Lipinski definition) is 1. The molecule has 1 fully saturated rings. The predicted octanol–water partition coefficient (Wildman–Crippen LogP) is 2.47. The highest BCUT2D eigenvalue weighted by molar-refractivity contribution is 7.09. The molecule has 1 aliphatic carbocycles. The van der Waals surface area contributed by atoms with E-state index >= 15 is 0 Å². The topological polar surface area (TPSA) is 38.5 Å². The molecule has 1 saturated carbocycles. The van der Waals surface area contributed by atoms with Gasteiger partial charge in [0.1, 0.15) is 0 Å². The molecular formula is C14H24N2OS. The van der Waals surface area contributed by atoms with Gasteiger partial charge in [-0.2, -0.15) is 0 Å². The Morgan fingerprint density at radius 1 is 1.56 bits per heavy atom. The molecular weight excluding hydrogens is 244 g/mol. The quantitative estimate of drug-likeness (QED) is 0.787. The SMILES string of the molecule is CCC(CN)(COC)N(Cc1cccs1)C1CC1. The van der Waals surface area contributed by atoms with Crippen molar-refractivity contribution in [1.82, 2.24) is 4.90 Å². The number of nitrogens with two attached hydrogens (primary N) is 1. The molecule has 0 bridgehead atoms. The first kappa shape index (κ1) is 14.0. The highest BCUT2D eigenvalue weighted by Crippen LogP contribution is 2.36. The Morgan fingerprint density at radius 3 is 2.78 bits per heavy atom. The van der Waals surface area contributed by atoms with E-state index in [4.69, 9.17) is 10.5 Å². The maximum Gasteiger partial charge on any atom is 0.0659 e. The van der Waals surface area contributed by atoms with Crippen LogP contribution in [0.1, 0.15) is 31.1 Å². The number of ether oxygens (including phenoxy) is 1. The molecule has 0 aliphatic heterocycles. The largest absolute Gasteiger partial charge is 0.383 e. The van der Waals surface area contributed by atoms with E-state index < -0.39 is 0 Å². The van der Waals surface area contributed by atoms with Crippen LogP contribution in [-0.4, -0.2) is 36.7 Å². The molecule has 102 valence electrons. The summed E-state index contributed by atoms with van der Waals surface area (Å²) in [6, 6.07) is 5.03. The first-order valence-electron chi connectivity index (χ1n) is 6.74. The Kier molecular flexibility index (Phi) is 4.78. The number of nitrogens with zero attached hydrogens (tertiary/aromatic N) is 1. The van der Waals surface area contributed by atoms with Crippen molar-refractivity contribution < 1.29 is 4.74 Å². The Balaban J connectivity index is 2.16. The standard InChI is InChI=1S/C14H24N2OS/c1-3-14(10-15,11-17-2)16(12-6-7-12)9-13-5-4-8-18-13/h4-5,8,12H,3,6-7,9-11,15H2,1-2H3. The van der Waals surface area contributed by atoms with E-state index in [-0.39, 0.29) is 5.54 Å². The molecule has 1 unspecified atom stereocenters. The van der Waals surface area contributed by atoms with Gasteiger partial charge in [-0.05, 0) is 30.7 Å². The minimum absolute atomic E-state index is 0.0000926. The van der Waals surface area contributed by atoms with E-state index in [1.54, 1.807) is 7.11 Å². The predicted molar refractivity (Wildman–Crippen MR) is 76.8 cm³/mol. The van der Waals surface area contributed by atoms with Gasteiger partial charge in [-0.1, -0.05) is 13.0 Å². The van der Waals surface area contributed by atoms with E-state index in [1.807, 2.05) is 11.3 Å². The molecule has 0 amide bonds. The van der Waals surface area contributed by atoms with Gasteiger partial charge in [-0.25, -0.2) is 0 Å². The summed E-state index contributed by atoms with van der Waals surface area (Å²) in [5, 5.41) is 2.15. The summed E-state index contributed by atoms with van der Waals surface area (Å²) in [4.78, 5) is 4.01. The Labute approximate surface area is 114 Å². The molecule has 0 aromatic carbocycles. The average Bonchev–Trinajstić information content (AvgIpc) is 3.11. The van der Waals surface area contributed by atoms with Gasteiger partial charge in [0.05, 0.1) is 12.1 Å². The van der Waals surface area contributed by atoms with Crippen LogP contribution in [0.15, 0.2) is 17.5 Å². The van der Waals surface area contributed by atoms with Crippen LogP contribution in [0.5, 0.6) is 0 Å². The monoisotopic (exact) mass is 268 g/mol. The van der Waals surface area contributed by atoms with E-state index in [0.717, 1.165) is 19.6 Å². The zero-order valence-electron chi connectivity index (χ0n) is 11.4. The number of hydrogen-bond acceptors (Lipinski definition) is 4.